The van der Waals surface area contributed by atoms with Gasteiger partial charge in [0.05, 0.1) is 5.69 Å². The molecule has 1 saturated heterocycles. The van der Waals surface area contributed by atoms with Gasteiger partial charge in [0.1, 0.15) is 5.82 Å². The van der Waals surface area contributed by atoms with Gasteiger partial charge in [0.2, 0.25) is 0 Å². The summed E-state index contributed by atoms with van der Waals surface area (Å²) in [7, 11) is 0. The van der Waals surface area contributed by atoms with Crippen molar-refractivity contribution < 1.29 is 4.39 Å². The summed E-state index contributed by atoms with van der Waals surface area (Å²) in [4.78, 5) is 2.28. The van der Waals surface area contributed by atoms with Crippen molar-refractivity contribution in [2.75, 3.05) is 18.0 Å². The number of nitrogens with one attached hydrogen (secondary N) is 1. The van der Waals surface area contributed by atoms with Crippen molar-refractivity contribution in [3.8, 4) is 0 Å². The van der Waals surface area contributed by atoms with E-state index in [9.17, 15) is 4.39 Å². The van der Waals surface area contributed by atoms with Gasteiger partial charge in [-0.2, -0.15) is 0 Å². The largest absolute Gasteiger partial charge is 0.363 e. The Kier molecular flexibility index (Phi) is 5.26. The monoisotopic (exact) mass is 292 g/mol. The fourth-order valence-electron chi connectivity index (χ4n) is 3.18. The molecule has 1 fully saturated rings. The molecule has 0 aliphatic carbocycles. The maximum atomic E-state index is 14.4. The van der Waals surface area contributed by atoms with Crippen LogP contribution in [0.25, 0.3) is 0 Å². The van der Waals surface area contributed by atoms with Gasteiger partial charge >= 0.3 is 0 Å². The minimum atomic E-state index is -0.0922. The van der Waals surface area contributed by atoms with Crippen LogP contribution in [0.2, 0.25) is 0 Å². The number of rotatable bonds is 4. The maximum Gasteiger partial charge on any atom is 0.146 e. The van der Waals surface area contributed by atoms with Crippen LogP contribution < -0.4 is 10.2 Å². The molecular formula is C18H29FN2. The highest BCUT2D eigenvalue weighted by atomic mass is 19.1. The molecule has 0 aromatic heterocycles. The molecule has 0 amide bonds. The second-order valence-corrected chi connectivity index (χ2v) is 6.82. The summed E-state index contributed by atoms with van der Waals surface area (Å²) in [6, 6.07) is 6.38. The molecule has 0 saturated carbocycles. The zero-order valence-electron chi connectivity index (χ0n) is 14.0. The van der Waals surface area contributed by atoms with Crippen LogP contribution in [0.4, 0.5) is 10.1 Å². The van der Waals surface area contributed by atoms with Crippen LogP contribution in [0.3, 0.4) is 0 Å². The first-order valence-corrected chi connectivity index (χ1v) is 8.20. The Morgan fingerprint density at radius 2 is 2.05 bits per heavy atom. The van der Waals surface area contributed by atoms with Gasteiger partial charge in [-0.15, -0.1) is 0 Å². The van der Waals surface area contributed by atoms with Crippen molar-refractivity contribution >= 4 is 5.69 Å². The predicted molar refractivity (Wildman–Crippen MR) is 88.4 cm³/mol. The van der Waals surface area contributed by atoms with Crippen LogP contribution >= 0.6 is 0 Å². The summed E-state index contributed by atoms with van der Waals surface area (Å²) in [5, 5.41) is 3.67. The van der Waals surface area contributed by atoms with Crippen molar-refractivity contribution in [2.24, 2.45) is 11.8 Å². The lowest BCUT2D eigenvalue weighted by Gasteiger charge is -2.45. The molecule has 0 radical (unpaired) electrons. The summed E-state index contributed by atoms with van der Waals surface area (Å²) in [5.41, 5.74) is 1.74. The molecule has 2 rings (SSSR count). The van der Waals surface area contributed by atoms with Crippen LogP contribution in [-0.2, 0) is 0 Å². The Morgan fingerprint density at radius 3 is 2.62 bits per heavy atom. The van der Waals surface area contributed by atoms with Crippen molar-refractivity contribution in [3.63, 3.8) is 0 Å². The van der Waals surface area contributed by atoms with E-state index >= 15 is 0 Å². The van der Waals surface area contributed by atoms with E-state index in [-0.39, 0.29) is 5.82 Å². The molecule has 3 atom stereocenters. The molecule has 0 bridgehead atoms. The number of nitrogens with zero attached hydrogens (tertiary/aromatic N) is 1. The summed E-state index contributed by atoms with van der Waals surface area (Å²) in [6.07, 6.45) is 1.15. The van der Waals surface area contributed by atoms with Gasteiger partial charge in [0, 0.05) is 25.2 Å². The van der Waals surface area contributed by atoms with Gasteiger partial charge in [-0.3, -0.25) is 0 Å². The van der Waals surface area contributed by atoms with Gasteiger partial charge < -0.3 is 10.2 Å². The van der Waals surface area contributed by atoms with Crippen LogP contribution in [0.1, 0.15) is 39.7 Å². The fourth-order valence-corrected chi connectivity index (χ4v) is 3.18. The van der Waals surface area contributed by atoms with E-state index in [1.807, 2.05) is 19.1 Å². The van der Waals surface area contributed by atoms with Crippen molar-refractivity contribution in [3.05, 3.63) is 29.6 Å². The number of halogens is 1. The van der Waals surface area contributed by atoms with E-state index < -0.39 is 0 Å². The average molecular weight is 292 g/mol. The molecule has 1 heterocycles. The van der Waals surface area contributed by atoms with Crippen LogP contribution in [0.5, 0.6) is 0 Å². The van der Waals surface area contributed by atoms with Crippen molar-refractivity contribution in [1.29, 1.82) is 0 Å². The molecule has 118 valence electrons. The van der Waals surface area contributed by atoms with Gasteiger partial charge in [0.15, 0.2) is 0 Å². The van der Waals surface area contributed by atoms with Crippen LogP contribution in [-0.4, -0.2) is 25.2 Å². The zero-order valence-corrected chi connectivity index (χ0v) is 14.0. The Balaban J connectivity index is 2.29. The number of anilines is 1. The molecule has 3 heteroatoms. The molecule has 0 spiro atoms. The topological polar surface area (TPSA) is 15.3 Å². The number of hydrogen-bond donors (Lipinski definition) is 1. The van der Waals surface area contributed by atoms with Crippen molar-refractivity contribution in [1.82, 2.24) is 5.32 Å². The SMILES string of the molecule is CCC(C)C1CN(c2ccc(C)cc2F)C(C(C)C)CN1. The average Bonchev–Trinajstić information content (AvgIpc) is 2.45. The summed E-state index contributed by atoms with van der Waals surface area (Å²) in [6.45, 7) is 12.7. The molecule has 1 N–H and O–H groups in total. The van der Waals surface area contributed by atoms with Crippen molar-refractivity contribution in [2.45, 2.75) is 53.1 Å². The number of benzene rings is 1. The third-order valence-corrected chi connectivity index (χ3v) is 4.90. The number of aryl methyl sites for hydroxylation is 1. The number of piperazine rings is 1. The van der Waals surface area contributed by atoms with Crippen LogP contribution in [0, 0.1) is 24.6 Å². The smallest absolute Gasteiger partial charge is 0.146 e. The minimum absolute atomic E-state index is 0.0922. The quantitative estimate of drug-likeness (QED) is 0.903. The molecule has 1 aliphatic rings. The number of hydrogen-bond acceptors (Lipinski definition) is 2. The van der Waals surface area contributed by atoms with E-state index in [4.69, 9.17) is 0 Å². The van der Waals surface area contributed by atoms with Gasteiger partial charge in [-0.05, 0) is 36.5 Å². The first kappa shape index (κ1) is 16.3. The first-order valence-electron chi connectivity index (χ1n) is 8.20. The Labute approximate surface area is 128 Å². The van der Waals surface area contributed by atoms with E-state index in [1.165, 1.54) is 0 Å². The Hall–Kier alpha value is -1.09. The minimum Gasteiger partial charge on any atom is -0.363 e. The highest BCUT2D eigenvalue weighted by Gasteiger charge is 2.33. The maximum absolute atomic E-state index is 14.4. The lowest BCUT2D eigenvalue weighted by Crippen LogP contribution is -2.60. The Bertz CT molecular complexity index is 472. The molecule has 1 aliphatic heterocycles. The van der Waals surface area contributed by atoms with Crippen LogP contribution in [0.15, 0.2) is 18.2 Å². The molecule has 1 aromatic carbocycles. The van der Waals surface area contributed by atoms with E-state index in [2.05, 4.69) is 37.9 Å². The third-order valence-electron chi connectivity index (χ3n) is 4.90. The van der Waals surface area contributed by atoms with Gasteiger partial charge in [-0.1, -0.05) is 40.2 Å². The zero-order chi connectivity index (χ0) is 15.6. The lowest BCUT2D eigenvalue weighted by molar-refractivity contribution is 0.280. The van der Waals surface area contributed by atoms with Gasteiger partial charge in [0.25, 0.3) is 0 Å². The predicted octanol–water partition coefficient (Wildman–Crippen LogP) is 3.98. The molecule has 3 unspecified atom stereocenters. The molecule has 1 aromatic rings. The normalized spacial score (nSPS) is 24.4. The summed E-state index contributed by atoms with van der Waals surface area (Å²) >= 11 is 0. The summed E-state index contributed by atoms with van der Waals surface area (Å²) in [5.74, 6) is 1.01. The highest BCUT2D eigenvalue weighted by molar-refractivity contribution is 5.51. The summed E-state index contributed by atoms with van der Waals surface area (Å²) < 4.78 is 14.4. The second kappa shape index (κ2) is 6.78. The molecule has 21 heavy (non-hydrogen) atoms. The highest BCUT2D eigenvalue weighted by Crippen LogP contribution is 2.28. The van der Waals surface area contributed by atoms with E-state index in [0.717, 1.165) is 30.8 Å². The fraction of sp³-hybridized carbons (Fsp3) is 0.667. The first-order chi connectivity index (χ1) is 9.93. The van der Waals surface area contributed by atoms with Gasteiger partial charge in [-0.25, -0.2) is 4.39 Å². The van der Waals surface area contributed by atoms with E-state index in [0.29, 0.717) is 23.9 Å². The Morgan fingerprint density at radius 1 is 1.33 bits per heavy atom. The molecular weight excluding hydrogens is 263 g/mol. The standard InChI is InChI=1S/C18H29FN2/c1-6-14(5)16-11-21(18(10-20-16)12(2)3)17-8-7-13(4)9-15(17)19/h7-9,12,14,16,18,20H,6,10-11H2,1-5H3. The molecule has 2 nitrogen and oxygen atoms in total. The lowest BCUT2D eigenvalue weighted by atomic mass is 9.91. The van der Waals surface area contributed by atoms with E-state index in [1.54, 1.807) is 6.07 Å². The second-order valence-electron chi connectivity index (χ2n) is 6.82. The third kappa shape index (κ3) is 3.57.